The van der Waals surface area contributed by atoms with Crippen molar-refractivity contribution in [1.82, 2.24) is 15.6 Å². The second kappa shape index (κ2) is 12.3. The normalized spacial score (nSPS) is 17.2. The molecule has 1 aromatic heterocycles. The molecule has 2 rings (SSSR count). The number of hydrogen-bond acceptors (Lipinski definition) is 5. The lowest BCUT2D eigenvalue weighted by molar-refractivity contribution is 0.0420. The molecule has 1 aliphatic rings. The van der Waals surface area contributed by atoms with Crippen LogP contribution in [0.15, 0.2) is 23.3 Å². The summed E-state index contributed by atoms with van der Waals surface area (Å²) in [5, 5.41) is 6.52. The highest BCUT2D eigenvalue weighted by molar-refractivity contribution is 14.0. The van der Waals surface area contributed by atoms with Crippen molar-refractivity contribution in [3.8, 4) is 5.88 Å². The van der Waals surface area contributed by atoms with Crippen molar-refractivity contribution in [3.63, 3.8) is 0 Å². The first-order valence-corrected chi connectivity index (χ1v) is 7.94. The van der Waals surface area contributed by atoms with Gasteiger partial charge in [-0.15, -0.1) is 24.0 Å². The fourth-order valence-electron chi connectivity index (χ4n) is 2.22. The number of halogens is 1. The zero-order valence-corrected chi connectivity index (χ0v) is 16.6. The van der Waals surface area contributed by atoms with Crippen LogP contribution >= 0.6 is 24.0 Å². The quantitative estimate of drug-likeness (QED) is 0.271. The summed E-state index contributed by atoms with van der Waals surface area (Å²) in [7, 11) is 3.36. The maximum absolute atomic E-state index is 5.72. The Kier molecular flexibility index (Phi) is 10.7. The Morgan fingerprint density at radius 1 is 1.42 bits per heavy atom. The minimum atomic E-state index is 0. The lowest BCUT2D eigenvalue weighted by Crippen LogP contribution is -2.37. The van der Waals surface area contributed by atoms with Gasteiger partial charge in [0.2, 0.25) is 5.88 Å². The molecule has 1 aliphatic heterocycles. The van der Waals surface area contributed by atoms with Crippen LogP contribution in [0, 0.1) is 0 Å². The third-order valence-electron chi connectivity index (χ3n) is 3.55. The van der Waals surface area contributed by atoms with Crippen LogP contribution in [0.4, 0.5) is 0 Å². The summed E-state index contributed by atoms with van der Waals surface area (Å²) in [6.07, 6.45) is 4.00. The van der Waals surface area contributed by atoms with Crippen LogP contribution in [0.2, 0.25) is 0 Å². The summed E-state index contributed by atoms with van der Waals surface area (Å²) in [6, 6.07) is 3.82. The van der Waals surface area contributed by atoms with Gasteiger partial charge in [-0.05, 0) is 18.4 Å². The molecule has 2 heterocycles. The standard InChI is InChI=1S/C16H26N4O3.HI/c1-17-16(18-7-3-8-23-14-6-9-22-12-14)20-11-13-4-5-15(21-2)19-10-13;/h4-5,10,14H,3,6-9,11-12H2,1-2H3,(H2,17,18,20);1H. The summed E-state index contributed by atoms with van der Waals surface area (Å²) >= 11 is 0. The molecular weight excluding hydrogens is 423 g/mol. The number of aromatic nitrogens is 1. The van der Waals surface area contributed by atoms with Gasteiger partial charge in [0.25, 0.3) is 0 Å². The van der Waals surface area contributed by atoms with Crippen molar-refractivity contribution in [2.24, 2.45) is 4.99 Å². The molecule has 24 heavy (non-hydrogen) atoms. The van der Waals surface area contributed by atoms with E-state index in [0.717, 1.165) is 50.7 Å². The molecule has 0 saturated carbocycles. The minimum absolute atomic E-state index is 0. The van der Waals surface area contributed by atoms with Crippen molar-refractivity contribution >= 4 is 29.9 Å². The summed E-state index contributed by atoms with van der Waals surface area (Å²) < 4.78 is 16.0. The predicted molar refractivity (Wildman–Crippen MR) is 104 cm³/mol. The van der Waals surface area contributed by atoms with Crippen LogP contribution in [-0.2, 0) is 16.0 Å². The van der Waals surface area contributed by atoms with Gasteiger partial charge in [0.05, 0.1) is 19.8 Å². The molecule has 0 amide bonds. The van der Waals surface area contributed by atoms with E-state index in [-0.39, 0.29) is 30.1 Å². The molecule has 2 N–H and O–H groups in total. The molecule has 1 fully saturated rings. The number of rotatable bonds is 8. The number of hydrogen-bond donors (Lipinski definition) is 2. The number of methoxy groups -OCH3 is 1. The molecule has 1 saturated heterocycles. The number of aliphatic imine (C=N–C) groups is 1. The predicted octanol–water partition coefficient (Wildman–Crippen LogP) is 1.57. The van der Waals surface area contributed by atoms with Gasteiger partial charge in [-0.1, -0.05) is 6.07 Å². The van der Waals surface area contributed by atoms with Gasteiger partial charge in [-0.3, -0.25) is 4.99 Å². The van der Waals surface area contributed by atoms with Crippen molar-refractivity contribution < 1.29 is 14.2 Å². The average molecular weight is 450 g/mol. The van der Waals surface area contributed by atoms with Gasteiger partial charge >= 0.3 is 0 Å². The van der Waals surface area contributed by atoms with E-state index in [1.807, 2.05) is 12.1 Å². The lowest BCUT2D eigenvalue weighted by atomic mass is 10.3. The van der Waals surface area contributed by atoms with Crippen LogP contribution in [0.3, 0.4) is 0 Å². The van der Waals surface area contributed by atoms with E-state index < -0.39 is 0 Å². The topological polar surface area (TPSA) is 77.0 Å². The molecule has 0 bridgehead atoms. The third kappa shape index (κ3) is 7.63. The summed E-state index contributed by atoms with van der Waals surface area (Å²) in [5.74, 6) is 1.38. The summed E-state index contributed by atoms with van der Waals surface area (Å²) in [5.41, 5.74) is 1.07. The first kappa shape index (κ1) is 20.9. The third-order valence-corrected chi connectivity index (χ3v) is 3.55. The first-order valence-electron chi connectivity index (χ1n) is 7.94. The first-order chi connectivity index (χ1) is 11.3. The second-order valence-electron chi connectivity index (χ2n) is 5.27. The van der Waals surface area contributed by atoms with Crippen LogP contribution in [0.1, 0.15) is 18.4 Å². The molecule has 0 aromatic carbocycles. The van der Waals surface area contributed by atoms with E-state index in [4.69, 9.17) is 14.2 Å². The van der Waals surface area contributed by atoms with Crippen LogP contribution in [0.25, 0.3) is 0 Å². The maximum Gasteiger partial charge on any atom is 0.212 e. The van der Waals surface area contributed by atoms with Crippen molar-refractivity contribution in [2.45, 2.75) is 25.5 Å². The Balaban J connectivity index is 0.00000288. The summed E-state index contributed by atoms with van der Waals surface area (Å²) in [6.45, 7) is 3.76. The van der Waals surface area contributed by atoms with Gasteiger partial charge < -0.3 is 24.8 Å². The molecule has 0 radical (unpaired) electrons. The van der Waals surface area contributed by atoms with Crippen LogP contribution in [-0.4, -0.2) is 57.6 Å². The highest BCUT2D eigenvalue weighted by atomic mass is 127. The van der Waals surface area contributed by atoms with Gasteiger partial charge in [0.15, 0.2) is 5.96 Å². The maximum atomic E-state index is 5.72. The number of guanidine groups is 1. The van der Waals surface area contributed by atoms with Gasteiger partial charge in [-0.25, -0.2) is 4.98 Å². The number of nitrogens with zero attached hydrogens (tertiary/aromatic N) is 2. The minimum Gasteiger partial charge on any atom is -0.481 e. The Labute approximate surface area is 160 Å². The number of ether oxygens (including phenoxy) is 3. The Morgan fingerprint density at radius 2 is 2.29 bits per heavy atom. The zero-order valence-electron chi connectivity index (χ0n) is 14.3. The number of nitrogens with one attached hydrogen (secondary N) is 2. The molecular formula is C16H27IN4O3. The van der Waals surface area contributed by atoms with Crippen molar-refractivity contribution in [3.05, 3.63) is 23.9 Å². The van der Waals surface area contributed by atoms with E-state index in [9.17, 15) is 0 Å². The van der Waals surface area contributed by atoms with Gasteiger partial charge in [0, 0.05) is 45.6 Å². The molecule has 0 spiro atoms. The second-order valence-corrected chi connectivity index (χ2v) is 5.27. The highest BCUT2D eigenvalue weighted by Crippen LogP contribution is 2.08. The molecule has 1 unspecified atom stereocenters. The zero-order chi connectivity index (χ0) is 16.3. The molecule has 0 aliphatic carbocycles. The van der Waals surface area contributed by atoms with E-state index >= 15 is 0 Å². The fraction of sp³-hybridized carbons (Fsp3) is 0.625. The Bertz CT molecular complexity index is 479. The van der Waals surface area contributed by atoms with E-state index in [1.54, 1.807) is 20.4 Å². The van der Waals surface area contributed by atoms with E-state index in [2.05, 4.69) is 20.6 Å². The highest BCUT2D eigenvalue weighted by Gasteiger charge is 2.15. The molecule has 8 heteroatoms. The Morgan fingerprint density at radius 3 is 2.92 bits per heavy atom. The molecule has 1 aromatic rings. The lowest BCUT2D eigenvalue weighted by Gasteiger charge is -2.13. The summed E-state index contributed by atoms with van der Waals surface area (Å²) in [4.78, 5) is 8.38. The van der Waals surface area contributed by atoms with Crippen LogP contribution < -0.4 is 15.4 Å². The van der Waals surface area contributed by atoms with Gasteiger partial charge in [-0.2, -0.15) is 0 Å². The fourth-order valence-corrected chi connectivity index (χ4v) is 2.22. The van der Waals surface area contributed by atoms with E-state index in [1.165, 1.54) is 0 Å². The monoisotopic (exact) mass is 450 g/mol. The van der Waals surface area contributed by atoms with Crippen molar-refractivity contribution in [1.29, 1.82) is 0 Å². The smallest absolute Gasteiger partial charge is 0.212 e. The molecule has 7 nitrogen and oxygen atoms in total. The molecule has 136 valence electrons. The largest absolute Gasteiger partial charge is 0.481 e. The Hall–Kier alpha value is -1.13. The van der Waals surface area contributed by atoms with Crippen LogP contribution in [0.5, 0.6) is 5.88 Å². The number of pyridine rings is 1. The van der Waals surface area contributed by atoms with Crippen molar-refractivity contribution in [2.75, 3.05) is 40.5 Å². The van der Waals surface area contributed by atoms with E-state index in [0.29, 0.717) is 12.4 Å². The average Bonchev–Trinajstić information content (AvgIpc) is 3.11. The van der Waals surface area contributed by atoms with Gasteiger partial charge in [0.1, 0.15) is 0 Å². The SMILES string of the molecule is CN=C(NCCCOC1CCOC1)NCc1ccc(OC)nc1.I. The molecule has 1 atom stereocenters.